The number of benzene rings is 2. The van der Waals surface area contributed by atoms with Gasteiger partial charge in [0.15, 0.2) is 0 Å². The first-order chi connectivity index (χ1) is 9.29. The van der Waals surface area contributed by atoms with Crippen LogP contribution in [0, 0.1) is 6.92 Å². The second kappa shape index (κ2) is 5.75. The fourth-order valence-electron chi connectivity index (χ4n) is 1.57. The average Bonchev–Trinajstić information content (AvgIpc) is 2.36. The predicted molar refractivity (Wildman–Crippen MR) is 88.2 cm³/mol. The third-order valence-corrected chi connectivity index (χ3v) is 5.28. The fourth-order valence-corrected chi connectivity index (χ4v) is 3.51. The monoisotopic (exact) mass is 418 g/mol. The van der Waals surface area contributed by atoms with Gasteiger partial charge in [0.05, 0.1) is 10.6 Å². The number of nitrogens with two attached hydrogens (primary N) is 1. The number of rotatable bonds is 3. The largest absolute Gasteiger partial charge is 0.398 e. The van der Waals surface area contributed by atoms with Gasteiger partial charge in [0.2, 0.25) is 0 Å². The van der Waals surface area contributed by atoms with Crippen LogP contribution in [0.1, 0.15) is 5.56 Å². The van der Waals surface area contributed by atoms with Crippen LogP contribution in [0.3, 0.4) is 0 Å². The second-order valence-electron chi connectivity index (χ2n) is 4.25. The first kappa shape index (κ1) is 15.3. The maximum atomic E-state index is 12.3. The van der Waals surface area contributed by atoms with E-state index in [0.717, 1.165) is 10.0 Å². The van der Waals surface area contributed by atoms with Crippen molar-refractivity contribution in [1.29, 1.82) is 0 Å². The molecule has 0 aliphatic carbocycles. The summed E-state index contributed by atoms with van der Waals surface area (Å²) in [5.74, 6) is 0. The Morgan fingerprint density at radius 3 is 2.45 bits per heavy atom. The van der Waals surface area contributed by atoms with Crippen molar-refractivity contribution in [2.75, 3.05) is 10.5 Å². The minimum absolute atomic E-state index is 0.132. The van der Waals surface area contributed by atoms with Crippen molar-refractivity contribution >= 4 is 53.3 Å². The molecule has 2 aromatic carbocycles. The van der Waals surface area contributed by atoms with Gasteiger partial charge in [-0.25, -0.2) is 8.42 Å². The normalized spacial score (nSPS) is 11.3. The molecule has 0 amide bonds. The number of sulfonamides is 1. The van der Waals surface area contributed by atoms with Crippen molar-refractivity contribution in [3.8, 4) is 0 Å². The summed E-state index contributed by atoms with van der Waals surface area (Å²) >= 11 is 6.61. The Morgan fingerprint density at radius 1 is 1.10 bits per heavy atom. The first-order valence-electron chi connectivity index (χ1n) is 5.63. The molecule has 0 aromatic heterocycles. The molecule has 0 bridgehead atoms. The highest BCUT2D eigenvalue weighted by Gasteiger charge is 2.16. The molecular weight excluding hydrogens is 408 g/mol. The van der Waals surface area contributed by atoms with E-state index >= 15 is 0 Å². The maximum absolute atomic E-state index is 12.3. The number of anilines is 2. The lowest BCUT2D eigenvalue weighted by molar-refractivity contribution is 0.601. The molecule has 2 aromatic rings. The number of nitrogens with one attached hydrogen (secondary N) is 1. The molecule has 0 unspecified atom stereocenters. The molecule has 4 nitrogen and oxygen atoms in total. The van der Waals surface area contributed by atoms with E-state index in [4.69, 9.17) is 5.73 Å². The van der Waals surface area contributed by atoms with Crippen LogP contribution in [-0.2, 0) is 10.0 Å². The van der Waals surface area contributed by atoms with Crippen molar-refractivity contribution in [2.24, 2.45) is 0 Å². The predicted octanol–water partition coefficient (Wildman–Crippen LogP) is 3.90. The molecule has 0 fully saturated rings. The van der Waals surface area contributed by atoms with Crippen LogP contribution in [0.5, 0.6) is 0 Å². The van der Waals surface area contributed by atoms with E-state index in [0.29, 0.717) is 15.8 Å². The highest BCUT2D eigenvalue weighted by molar-refractivity contribution is 9.11. The van der Waals surface area contributed by atoms with Crippen molar-refractivity contribution in [1.82, 2.24) is 0 Å². The van der Waals surface area contributed by atoms with Crippen LogP contribution in [0.15, 0.2) is 50.2 Å². The summed E-state index contributed by atoms with van der Waals surface area (Å²) in [5, 5.41) is 0. The van der Waals surface area contributed by atoms with E-state index in [1.54, 1.807) is 18.2 Å². The molecule has 2 rings (SSSR count). The number of aryl methyl sites for hydroxylation is 1. The number of hydrogen-bond donors (Lipinski definition) is 2. The van der Waals surface area contributed by atoms with E-state index in [9.17, 15) is 8.42 Å². The molecule has 0 saturated heterocycles. The number of hydrogen-bond acceptors (Lipinski definition) is 3. The molecule has 0 aliphatic heterocycles. The van der Waals surface area contributed by atoms with Crippen molar-refractivity contribution in [3.63, 3.8) is 0 Å². The van der Waals surface area contributed by atoms with Crippen LogP contribution in [0.4, 0.5) is 11.4 Å². The van der Waals surface area contributed by atoms with Crippen molar-refractivity contribution in [3.05, 3.63) is 50.9 Å². The van der Waals surface area contributed by atoms with E-state index in [1.165, 1.54) is 12.1 Å². The molecule has 0 heterocycles. The van der Waals surface area contributed by atoms with E-state index in [1.807, 2.05) is 13.0 Å². The fraction of sp³-hybridized carbons (Fsp3) is 0.0769. The van der Waals surface area contributed by atoms with Crippen LogP contribution in [-0.4, -0.2) is 8.42 Å². The lowest BCUT2D eigenvalue weighted by atomic mass is 10.2. The Bertz CT molecular complexity index is 761. The molecule has 0 radical (unpaired) electrons. The van der Waals surface area contributed by atoms with Crippen LogP contribution in [0.2, 0.25) is 0 Å². The third-order valence-electron chi connectivity index (χ3n) is 2.73. The standard InChI is InChI=1S/C13H12Br2N2O2S/c1-8-2-4-10(7-12(8)16)20(18,19)17-13-6-9(14)3-5-11(13)15/h2-7,17H,16H2,1H3. The Kier molecular flexibility index (Phi) is 4.41. The van der Waals surface area contributed by atoms with Gasteiger partial charge in [-0.2, -0.15) is 0 Å². The van der Waals surface area contributed by atoms with E-state index in [-0.39, 0.29) is 4.90 Å². The van der Waals surface area contributed by atoms with Gasteiger partial charge in [-0.3, -0.25) is 4.72 Å². The molecule has 3 N–H and O–H groups in total. The van der Waals surface area contributed by atoms with Gasteiger partial charge in [-0.1, -0.05) is 22.0 Å². The van der Waals surface area contributed by atoms with Gasteiger partial charge >= 0.3 is 0 Å². The molecule has 0 spiro atoms. The average molecular weight is 420 g/mol. The second-order valence-corrected chi connectivity index (χ2v) is 7.70. The third kappa shape index (κ3) is 3.34. The molecule has 20 heavy (non-hydrogen) atoms. The summed E-state index contributed by atoms with van der Waals surface area (Å²) < 4.78 is 28.6. The lowest BCUT2D eigenvalue weighted by Crippen LogP contribution is -2.13. The Balaban J connectivity index is 2.40. The van der Waals surface area contributed by atoms with Gasteiger partial charge in [0, 0.05) is 14.6 Å². The summed E-state index contributed by atoms with van der Waals surface area (Å²) in [6.07, 6.45) is 0. The minimum atomic E-state index is -3.67. The highest BCUT2D eigenvalue weighted by Crippen LogP contribution is 2.28. The smallest absolute Gasteiger partial charge is 0.262 e. The van der Waals surface area contributed by atoms with E-state index < -0.39 is 10.0 Å². The van der Waals surface area contributed by atoms with Crippen molar-refractivity contribution < 1.29 is 8.42 Å². The summed E-state index contributed by atoms with van der Waals surface area (Å²) in [4.78, 5) is 0.132. The van der Waals surface area contributed by atoms with E-state index in [2.05, 4.69) is 36.6 Å². The SMILES string of the molecule is Cc1ccc(S(=O)(=O)Nc2cc(Br)ccc2Br)cc1N. The molecule has 7 heteroatoms. The van der Waals surface area contributed by atoms with Gasteiger partial charge in [0.1, 0.15) is 0 Å². The number of nitrogen functional groups attached to an aromatic ring is 1. The Labute approximate surface area is 134 Å². The zero-order valence-electron chi connectivity index (χ0n) is 10.5. The quantitative estimate of drug-likeness (QED) is 0.741. The highest BCUT2D eigenvalue weighted by atomic mass is 79.9. The van der Waals surface area contributed by atoms with Crippen LogP contribution in [0.25, 0.3) is 0 Å². The molecule has 106 valence electrons. The van der Waals surface area contributed by atoms with Crippen LogP contribution < -0.4 is 10.5 Å². The molecular formula is C13H12Br2N2O2S. The topological polar surface area (TPSA) is 72.2 Å². The Hall–Kier alpha value is -1.05. The minimum Gasteiger partial charge on any atom is -0.398 e. The van der Waals surface area contributed by atoms with Crippen molar-refractivity contribution in [2.45, 2.75) is 11.8 Å². The first-order valence-corrected chi connectivity index (χ1v) is 8.70. The lowest BCUT2D eigenvalue weighted by Gasteiger charge is -2.11. The Morgan fingerprint density at radius 2 is 1.80 bits per heavy atom. The van der Waals surface area contributed by atoms with Gasteiger partial charge < -0.3 is 5.73 Å². The summed E-state index contributed by atoms with van der Waals surface area (Å²) in [5.41, 5.74) is 7.50. The molecule has 0 saturated carbocycles. The summed E-state index contributed by atoms with van der Waals surface area (Å²) in [6, 6.07) is 9.90. The zero-order chi connectivity index (χ0) is 14.9. The summed E-state index contributed by atoms with van der Waals surface area (Å²) in [7, 11) is -3.67. The molecule has 0 atom stereocenters. The van der Waals surface area contributed by atoms with Gasteiger partial charge in [0.25, 0.3) is 10.0 Å². The van der Waals surface area contributed by atoms with Gasteiger partial charge in [-0.05, 0) is 58.7 Å². The molecule has 0 aliphatic rings. The zero-order valence-corrected chi connectivity index (χ0v) is 14.5. The van der Waals surface area contributed by atoms with Gasteiger partial charge in [-0.15, -0.1) is 0 Å². The van der Waals surface area contributed by atoms with Crippen LogP contribution >= 0.6 is 31.9 Å². The summed E-state index contributed by atoms with van der Waals surface area (Å²) in [6.45, 7) is 1.82. The maximum Gasteiger partial charge on any atom is 0.262 e. The number of halogens is 2.